The maximum atomic E-state index is 5.85. The van der Waals surface area contributed by atoms with Crippen molar-refractivity contribution in [1.82, 2.24) is 9.78 Å². The minimum Gasteiger partial charge on any atom is -0.372 e. The summed E-state index contributed by atoms with van der Waals surface area (Å²) in [4.78, 5) is 2.44. The van der Waals surface area contributed by atoms with E-state index in [1.54, 1.807) is 6.20 Å². The fourth-order valence-corrected chi connectivity index (χ4v) is 2.56. The Hall–Kier alpha value is -1.48. The number of aromatic nitrogens is 2. The second-order valence-electron chi connectivity index (χ2n) is 4.72. The van der Waals surface area contributed by atoms with Crippen molar-refractivity contribution in [1.29, 1.82) is 0 Å². The van der Waals surface area contributed by atoms with Gasteiger partial charge in [-0.1, -0.05) is 23.7 Å². The Bertz CT molecular complexity index is 512. The highest BCUT2D eigenvalue weighted by Gasteiger charge is 2.11. The summed E-state index contributed by atoms with van der Waals surface area (Å²) < 4.78 is 1.85. The fraction of sp³-hybridized carbons (Fsp3) is 0.357. The Morgan fingerprint density at radius 1 is 1.11 bits per heavy atom. The topological polar surface area (TPSA) is 21.1 Å². The van der Waals surface area contributed by atoms with Crippen molar-refractivity contribution in [3.8, 4) is 0 Å². The van der Waals surface area contributed by atoms with Crippen molar-refractivity contribution >= 4 is 17.3 Å². The predicted octanol–water partition coefficient (Wildman–Crippen LogP) is 3.19. The van der Waals surface area contributed by atoms with Crippen LogP contribution in [0, 0.1) is 0 Å². The zero-order valence-electron chi connectivity index (χ0n) is 10.2. The van der Waals surface area contributed by atoms with Crippen molar-refractivity contribution in [2.45, 2.75) is 19.4 Å². The summed E-state index contributed by atoms with van der Waals surface area (Å²) in [7, 11) is 0. The van der Waals surface area contributed by atoms with Crippen molar-refractivity contribution in [2.75, 3.05) is 18.0 Å². The summed E-state index contributed by atoms with van der Waals surface area (Å²) in [6.07, 6.45) is 6.14. The highest BCUT2D eigenvalue weighted by Crippen LogP contribution is 2.20. The van der Waals surface area contributed by atoms with E-state index < -0.39 is 0 Å². The molecule has 1 aliphatic rings. The van der Waals surface area contributed by atoms with E-state index in [0.717, 1.165) is 6.54 Å². The average molecular weight is 262 g/mol. The van der Waals surface area contributed by atoms with Gasteiger partial charge in [-0.15, -0.1) is 0 Å². The van der Waals surface area contributed by atoms with Gasteiger partial charge in [0.15, 0.2) is 0 Å². The third-order valence-electron chi connectivity index (χ3n) is 3.35. The molecule has 3 nitrogen and oxygen atoms in total. The summed E-state index contributed by atoms with van der Waals surface area (Å²) in [6.45, 7) is 3.15. The molecule has 1 fully saturated rings. The summed E-state index contributed by atoms with van der Waals surface area (Å²) in [5.74, 6) is 0. The third-order valence-corrected chi connectivity index (χ3v) is 3.55. The minimum absolute atomic E-state index is 0.684. The standard InChI is InChI=1S/C14H16ClN3/c15-13-9-16-18(11-13)10-12-3-5-14(6-4-12)17-7-1-2-8-17/h3-6,9,11H,1-2,7-8,10H2. The molecule has 3 rings (SSSR count). The number of hydrogen-bond donors (Lipinski definition) is 0. The van der Waals surface area contributed by atoms with Gasteiger partial charge >= 0.3 is 0 Å². The molecule has 1 aromatic heterocycles. The molecule has 1 aromatic carbocycles. The van der Waals surface area contributed by atoms with Gasteiger partial charge in [0.05, 0.1) is 17.8 Å². The number of anilines is 1. The molecule has 94 valence electrons. The van der Waals surface area contributed by atoms with Crippen LogP contribution in [-0.4, -0.2) is 22.9 Å². The first-order valence-corrected chi connectivity index (χ1v) is 6.71. The zero-order valence-corrected chi connectivity index (χ0v) is 11.0. The molecule has 18 heavy (non-hydrogen) atoms. The van der Waals surface area contributed by atoms with Crippen LogP contribution < -0.4 is 4.90 Å². The third kappa shape index (κ3) is 2.51. The minimum atomic E-state index is 0.684. The average Bonchev–Trinajstić information content (AvgIpc) is 3.02. The van der Waals surface area contributed by atoms with Crippen molar-refractivity contribution in [3.63, 3.8) is 0 Å². The van der Waals surface area contributed by atoms with Crippen LogP contribution in [0.3, 0.4) is 0 Å². The van der Waals surface area contributed by atoms with E-state index in [1.807, 2.05) is 10.9 Å². The Labute approximate surface area is 112 Å². The van der Waals surface area contributed by atoms with Gasteiger partial charge in [0, 0.05) is 25.0 Å². The predicted molar refractivity (Wildman–Crippen MR) is 74.2 cm³/mol. The Morgan fingerprint density at radius 2 is 1.83 bits per heavy atom. The van der Waals surface area contributed by atoms with E-state index in [9.17, 15) is 0 Å². The quantitative estimate of drug-likeness (QED) is 0.846. The SMILES string of the molecule is Clc1cnn(Cc2ccc(N3CCCC3)cc2)c1. The number of rotatable bonds is 3. The van der Waals surface area contributed by atoms with Gasteiger partial charge in [-0.3, -0.25) is 4.68 Å². The normalized spacial score (nSPS) is 15.3. The number of hydrogen-bond acceptors (Lipinski definition) is 2. The van der Waals surface area contributed by atoms with E-state index in [4.69, 9.17) is 11.6 Å². The van der Waals surface area contributed by atoms with Gasteiger partial charge in [0.25, 0.3) is 0 Å². The molecule has 0 spiro atoms. The van der Waals surface area contributed by atoms with Gasteiger partial charge in [-0.05, 0) is 30.5 Å². The van der Waals surface area contributed by atoms with Crippen LogP contribution in [-0.2, 0) is 6.54 Å². The maximum Gasteiger partial charge on any atom is 0.0785 e. The molecule has 1 aliphatic heterocycles. The molecule has 1 saturated heterocycles. The van der Waals surface area contributed by atoms with Crippen LogP contribution in [0.25, 0.3) is 0 Å². The molecule has 4 heteroatoms. The molecule has 2 heterocycles. The lowest BCUT2D eigenvalue weighted by Crippen LogP contribution is -2.17. The smallest absolute Gasteiger partial charge is 0.0785 e. The van der Waals surface area contributed by atoms with E-state index in [2.05, 4.69) is 34.3 Å². The molecule has 0 aliphatic carbocycles. The van der Waals surface area contributed by atoms with Crippen LogP contribution in [0.4, 0.5) is 5.69 Å². The van der Waals surface area contributed by atoms with E-state index in [-0.39, 0.29) is 0 Å². The molecule has 0 radical (unpaired) electrons. The van der Waals surface area contributed by atoms with Gasteiger partial charge in [0.2, 0.25) is 0 Å². The number of benzene rings is 1. The van der Waals surface area contributed by atoms with Crippen LogP contribution in [0.1, 0.15) is 18.4 Å². The highest BCUT2D eigenvalue weighted by atomic mass is 35.5. The maximum absolute atomic E-state index is 5.85. The Kier molecular flexibility index (Phi) is 3.24. The molecule has 0 amide bonds. The lowest BCUT2D eigenvalue weighted by Gasteiger charge is -2.17. The first-order valence-electron chi connectivity index (χ1n) is 6.33. The summed E-state index contributed by atoms with van der Waals surface area (Å²) in [5, 5.41) is 4.87. The van der Waals surface area contributed by atoms with Crippen LogP contribution >= 0.6 is 11.6 Å². The van der Waals surface area contributed by atoms with Crippen LogP contribution in [0.5, 0.6) is 0 Å². The second-order valence-corrected chi connectivity index (χ2v) is 5.15. The zero-order chi connectivity index (χ0) is 12.4. The van der Waals surface area contributed by atoms with Crippen molar-refractivity contribution < 1.29 is 0 Å². The van der Waals surface area contributed by atoms with Gasteiger partial charge < -0.3 is 4.90 Å². The Balaban J connectivity index is 1.70. The van der Waals surface area contributed by atoms with Crippen molar-refractivity contribution in [3.05, 3.63) is 47.2 Å². The summed E-state index contributed by atoms with van der Waals surface area (Å²) in [6, 6.07) is 8.74. The molecule has 0 unspecified atom stereocenters. The van der Waals surface area contributed by atoms with Gasteiger partial charge in [0.1, 0.15) is 0 Å². The fourth-order valence-electron chi connectivity index (χ4n) is 2.40. The van der Waals surface area contributed by atoms with Crippen LogP contribution in [0.15, 0.2) is 36.7 Å². The van der Waals surface area contributed by atoms with Gasteiger partial charge in [-0.2, -0.15) is 5.10 Å². The molecule has 0 bridgehead atoms. The first-order chi connectivity index (χ1) is 8.81. The largest absolute Gasteiger partial charge is 0.372 e. The molecular formula is C14H16ClN3. The Morgan fingerprint density at radius 3 is 2.44 bits per heavy atom. The van der Waals surface area contributed by atoms with Crippen LogP contribution in [0.2, 0.25) is 5.02 Å². The van der Waals surface area contributed by atoms with Gasteiger partial charge in [-0.25, -0.2) is 0 Å². The number of halogens is 1. The summed E-state index contributed by atoms with van der Waals surface area (Å²) >= 11 is 5.85. The molecule has 2 aromatic rings. The first kappa shape index (κ1) is 11.6. The monoisotopic (exact) mass is 261 g/mol. The molecular weight excluding hydrogens is 246 g/mol. The number of nitrogens with zero attached hydrogens (tertiary/aromatic N) is 3. The second kappa shape index (κ2) is 5.02. The lowest BCUT2D eigenvalue weighted by atomic mass is 10.2. The molecule has 0 atom stereocenters. The van der Waals surface area contributed by atoms with Crippen molar-refractivity contribution in [2.24, 2.45) is 0 Å². The lowest BCUT2D eigenvalue weighted by molar-refractivity contribution is 0.687. The van der Waals surface area contributed by atoms with E-state index >= 15 is 0 Å². The van der Waals surface area contributed by atoms with E-state index in [0.29, 0.717) is 5.02 Å². The van der Waals surface area contributed by atoms with E-state index in [1.165, 1.54) is 37.2 Å². The highest BCUT2D eigenvalue weighted by molar-refractivity contribution is 6.30. The molecule has 0 N–H and O–H groups in total. The molecule has 0 saturated carbocycles. The summed E-state index contributed by atoms with van der Waals surface area (Å²) in [5.41, 5.74) is 2.58.